The third-order valence-corrected chi connectivity index (χ3v) is 3.30. The minimum absolute atomic E-state index is 0.109. The highest BCUT2D eigenvalue weighted by Gasteiger charge is 2.14. The summed E-state index contributed by atoms with van der Waals surface area (Å²) in [5, 5.41) is 19.1. The molecule has 1 aliphatic carbocycles. The van der Waals surface area contributed by atoms with Crippen LogP contribution in [-0.2, 0) is 0 Å². The van der Waals surface area contributed by atoms with Gasteiger partial charge in [-0.2, -0.15) is 10.2 Å². The number of methoxy groups -OCH3 is 1. The molecule has 0 aromatic heterocycles. The summed E-state index contributed by atoms with van der Waals surface area (Å²) in [4.78, 5) is 10.2. The van der Waals surface area contributed by atoms with E-state index in [0.29, 0.717) is 6.42 Å². The Morgan fingerprint density at radius 3 is 2.67 bits per heavy atom. The van der Waals surface area contributed by atoms with Gasteiger partial charge in [0.1, 0.15) is 5.75 Å². The largest absolute Gasteiger partial charge is 0.496 e. The van der Waals surface area contributed by atoms with Crippen LogP contribution >= 0.6 is 0 Å². The van der Waals surface area contributed by atoms with Gasteiger partial charge >= 0.3 is 0 Å². The molecule has 6 heteroatoms. The zero-order valence-electron chi connectivity index (χ0n) is 12.2. The number of nitro groups is 1. The number of aryl methyl sites for hydroxylation is 2. The van der Waals surface area contributed by atoms with E-state index < -0.39 is 4.92 Å². The fourth-order valence-corrected chi connectivity index (χ4v) is 2.06. The second-order valence-corrected chi connectivity index (χ2v) is 4.87. The van der Waals surface area contributed by atoms with Crippen molar-refractivity contribution in [2.45, 2.75) is 26.3 Å². The van der Waals surface area contributed by atoms with Crippen LogP contribution in [0.15, 0.2) is 46.3 Å². The van der Waals surface area contributed by atoms with E-state index in [1.54, 1.807) is 19.3 Å². The van der Waals surface area contributed by atoms with Crippen molar-refractivity contribution in [1.29, 1.82) is 0 Å². The van der Waals surface area contributed by atoms with Gasteiger partial charge < -0.3 is 4.74 Å². The predicted octanol–water partition coefficient (Wildman–Crippen LogP) is 3.88. The molecule has 1 atom stereocenters. The molecule has 0 amide bonds. The zero-order chi connectivity index (χ0) is 15.4. The Kier molecular flexibility index (Phi) is 4.47. The van der Waals surface area contributed by atoms with E-state index in [1.807, 2.05) is 26.0 Å². The molecular formula is C15H17N3O3. The summed E-state index contributed by atoms with van der Waals surface area (Å²) < 4.78 is 5.25. The first kappa shape index (κ1) is 14.9. The Morgan fingerprint density at radius 2 is 2.10 bits per heavy atom. The van der Waals surface area contributed by atoms with E-state index in [0.717, 1.165) is 22.6 Å². The number of ether oxygens (including phenoxy) is 1. The molecule has 1 aromatic rings. The lowest BCUT2D eigenvalue weighted by Crippen LogP contribution is -2.06. The Balaban J connectivity index is 2.11. The molecular weight excluding hydrogens is 270 g/mol. The van der Waals surface area contributed by atoms with E-state index >= 15 is 0 Å². The maximum Gasteiger partial charge on any atom is 0.265 e. The number of rotatable bonds is 4. The third-order valence-electron chi connectivity index (χ3n) is 3.30. The first-order valence-electron chi connectivity index (χ1n) is 6.60. The summed E-state index contributed by atoms with van der Waals surface area (Å²) in [7, 11) is 1.63. The molecule has 2 rings (SSSR count). The molecule has 21 heavy (non-hydrogen) atoms. The van der Waals surface area contributed by atoms with Crippen LogP contribution in [0.3, 0.4) is 0 Å². The van der Waals surface area contributed by atoms with Gasteiger partial charge in [0.15, 0.2) is 0 Å². The monoisotopic (exact) mass is 287 g/mol. The second kappa shape index (κ2) is 6.30. The summed E-state index contributed by atoms with van der Waals surface area (Å²) in [5.74, 6) is 0.822. The standard InChI is InChI=1S/C15H17N3O3/c1-10-9-15(21-3)11(2)8-14(10)17-16-12-4-6-13(7-5-12)18(19)20/h4,6-9,12H,5H2,1-3H3. The summed E-state index contributed by atoms with van der Waals surface area (Å²) in [5.41, 5.74) is 2.86. The van der Waals surface area contributed by atoms with Crippen LogP contribution in [-0.4, -0.2) is 18.1 Å². The molecule has 0 radical (unpaired) electrons. The number of hydrogen-bond donors (Lipinski definition) is 0. The molecule has 0 bridgehead atoms. The van der Waals surface area contributed by atoms with Gasteiger partial charge in [-0.1, -0.05) is 6.08 Å². The average molecular weight is 287 g/mol. The van der Waals surface area contributed by atoms with Gasteiger partial charge in [-0.15, -0.1) is 0 Å². The number of hydrogen-bond acceptors (Lipinski definition) is 5. The molecule has 110 valence electrons. The Labute approximate surface area is 123 Å². The Hall–Kier alpha value is -2.50. The highest BCUT2D eigenvalue weighted by atomic mass is 16.6. The van der Waals surface area contributed by atoms with Crippen molar-refractivity contribution in [2.75, 3.05) is 7.11 Å². The van der Waals surface area contributed by atoms with Crippen LogP contribution in [0.4, 0.5) is 5.69 Å². The number of allylic oxidation sites excluding steroid dienone is 1. The maximum absolute atomic E-state index is 10.6. The minimum atomic E-state index is -0.402. The quantitative estimate of drug-likeness (QED) is 0.479. The third kappa shape index (κ3) is 3.53. The van der Waals surface area contributed by atoms with Crippen molar-refractivity contribution in [1.82, 2.24) is 0 Å². The minimum Gasteiger partial charge on any atom is -0.496 e. The lowest BCUT2D eigenvalue weighted by molar-refractivity contribution is -0.419. The van der Waals surface area contributed by atoms with Gasteiger partial charge in [0.2, 0.25) is 0 Å². The predicted molar refractivity (Wildman–Crippen MR) is 79.6 cm³/mol. The van der Waals surface area contributed by atoms with Gasteiger partial charge in [0.05, 0.1) is 23.8 Å². The van der Waals surface area contributed by atoms with Crippen molar-refractivity contribution >= 4 is 5.69 Å². The molecule has 1 unspecified atom stereocenters. The number of benzene rings is 1. The van der Waals surface area contributed by atoms with Crippen LogP contribution in [0.25, 0.3) is 0 Å². The lowest BCUT2D eigenvalue weighted by Gasteiger charge is -2.09. The van der Waals surface area contributed by atoms with Crippen LogP contribution in [0, 0.1) is 24.0 Å². The van der Waals surface area contributed by atoms with Crippen LogP contribution < -0.4 is 4.74 Å². The highest BCUT2D eigenvalue weighted by Crippen LogP contribution is 2.28. The average Bonchev–Trinajstić information content (AvgIpc) is 2.48. The molecule has 6 nitrogen and oxygen atoms in total. The van der Waals surface area contributed by atoms with E-state index in [2.05, 4.69) is 10.2 Å². The maximum atomic E-state index is 10.6. The van der Waals surface area contributed by atoms with Crippen LogP contribution in [0.2, 0.25) is 0 Å². The van der Waals surface area contributed by atoms with Gasteiger partial charge in [-0.05, 0) is 43.2 Å². The Morgan fingerprint density at radius 1 is 1.33 bits per heavy atom. The van der Waals surface area contributed by atoms with Crippen LogP contribution in [0.1, 0.15) is 17.5 Å². The SMILES string of the molecule is COc1cc(C)c(N=NC2C=CC([N+](=O)[O-])=CC2)cc1C. The molecule has 1 aromatic carbocycles. The van der Waals surface area contributed by atoms with E-state index in [1.165, 1.54) is 6.08 Å². The van der Waals surface area contributed by atoms with Crippen molar-refractivity contribution in [3.63, 3.8) is 0 Å². The lowest BCUT2D eigenvalue weighted by atomic mass is 10.1. The zero-order valence-corrected chi connectivity index (χ0v) is 12.2. The molecule has 0 aliphatic heterocycles. The molecule has 0 heterocycles. The molecule has 0 saturated heterocycles. The summed E-state index contributed by atoms with van der Waals surface area (Å²) in [6.07, 6.45) is 5.23. The molecule has 0 spiro atoms. The second-order valence-electron chi connectivity index (χ2n) is 4.87. The van der Waals surface area contributed by atoms with Gasteiger partial charge in [-0.25, -0.2) is 0 Å². The van der Waals surface area contributed by atoms with E-state index in [4.69, 9.17) is 4.74 Å². The van der Waals surface area contributed by atoms with Crippen molar-refractivity contribution in [2.24, 2.45) is 10.2 Å². The van der Waals surface area contributed by atoms with Crippen LogP contribution in [0.5, 0.6) is 5.75 Å². The fourth-order valence-electron chi connectivity index (χ4n) is 2.06. The summed E-state index contributed by atoms with van der Waals surface area (Å²) in [6.45, 7) is 3.89. The smallest absolute Gasteiger partial charge is 0.265 e. The molecule has 0 N–H and O–H groups in total. The van der Waals surface area contributed by atoms with Gasteiger partial charge in [0, 0.05) is 12.5 Å². The van der Waals surface area contributed by atoms with E-state index in [9.17, 15) is 10.1 Å². The first-order chi connectivity index (χ1) is 10.0. The number of nitrogens with zero attached hydrogens (tertiary/aromatic N) is 3. The summed E-state index contributed by atoms with van der Waals surface area (Å²) >= 11 is 0. The van der Waals surface area contributed by atoms with Crippen molar-refractivity contribution in [3.05, 3.63) is 57.3 Å². The highest BCUT2D eigenvalue weighted by molar-refractivity contribution is 5.52. The Bertz CT molecular complexity index is 648. The molecule has 1 aliphatic rings. The fraction of sp³-hybridized carbons (Fsp3) is 0.333. The van der Waals surface area contributed by atoms with Crippen molar-refractivity contribution in [3.8, 4) is 5.75 Å². The topological polar surface area (TPSA) is 77.1 Å². The first-order valence-corrected chi connectivity index (χ1v) is 6.60. The van der Waals surface area contributed by atoms with Gasteiger partial charge in [0.25, 0.3) is 5.70 Å². The molecule has 0 saturated carbocycles. The normalized spacial score (nSPS) is 17.9. The molecule has 0 fully saturated rings. The van der Waals surface area contributed by atoms with Gasteiger partial charge in [-0.3, -0.25) is 10.1 Å². The summed E-state index contributed by atoms with van der Waals surface area (Å²) in [6, 6.07) is 3.68. The van der Waals surface area contributed by atoms with E-state index in [-0.39, 0.29) is 11.7 Å². The van der Waals surface area contributed by atoms with Crippen molar-refractivity contribution < 1.29 is 9.66 Å². The number of azo groups is 1.